The fraction of sp³-hybridized carbons (Fsp3) is 0.231. The maximum absolute atomic E-state index is 13.3. The van der Waals surface area contributed by atoms with Gasteiger partial charge in [0, 0.05) is 16.1 Å². The lowest BCUT2D eigenvalue weighted by atomic mass is 10.1. The molecule has 1 heterocycles. The highest BCUT2D eigenvalue weighted by molar-refractivity contribution is 9.10. The average molecular weight is 311 g/mol. The van der Waals surface area contributed by atoms with Crippen molar-refractivity contribution >= 4 is 15.9 Å². The lowest BCUT2D eigenvalue weighted by Crippen LogP contribution is -2.11. The highest BCUT2D eigenvalue weighted by Gasteiger charge is 2.10. The van der Waals surface area contributed by atoms with Gasteiger partial charge < -0.3 is 4.98 Å². The summed E-state index contributed by atoms with van der Waals surface area (Å²) in [7, 11) is 0. The van der Waals surface area contributed by atoms with Crippen LogP contribution in [0.25, 0.3) is 11.4 Å². The molecule has 0 saturated heterocycles. The van der Waals surface area contributed by atoms with Crippen molar-refractivity contribution in [1.82, 2.24) is 9.97 Å². The Labute approximate surface area is 112 Å². The number of benzene rings is 1. The number of aromatic nitrogens is 2. The summed E-state index contributed by atoms with van der Waals surface area (Å²) in [5.74, 6) is 0.141. The van der Waals surface area contributed by atoms with E-state index in [4.69, 9.17) is 0 Å². The predicted molar refractivity (Wildman–Crippen MR) is 72.0 cm³/mol. The fourth-order valence-electron chi connectivity index (χ4n) is 1.58. The Morgan fingerprint density at radius 2 is 2.06 bits per heavy atom. The van der Waals surface area contributed by atoms with Gasteiger partial charge in [0.2, 0.25) is 0 Å². The topological polar surface area (TPSA) is 45.8 Å². The lowest BCUT2D eigenvalue weighted by Gasteiger charge is -2.08. The van der Waals surface area contributed by atoms with E-state index in [-0.39, 0.29) is 17.3 Å². The monoisotopic (exact) mass is 310 g/mol. The van der Waals surface area contributed by atoms with Gasteiger partial charge in [0.15, 0.2) is 0 Å². The van der Waals surface area contributed by atoms with Crippen LogP contribution in [0, 0.1) is 5.82 Å². The van der Waals surface area contributed by atoms with Crippen LogP contribution in [-0.4, -0.2) is 9.97 Å². The first kappa shape index (κ1) is 13.0. The van der Waals surface area contributed by atoms with Crippen molar-refractivity contribution in [3.63, 3.8) is 0 Å². The highest BCUT2D eigenvalue weighted by Crippen LogP contribution is 2.26. The van der Waals surface area contributed by atoms with E-state index in [1.54, 1.807) is 6.07 Å². The van der Waals surface area contributed by atoms with Gasteiger partial charge in [-0.15, -0.1) is 0 Å². The SMILES string of the molecule is CC(C)c1cc(=O)[nH]c(-c2cc(F)ccc2Br)n1. The molecule has 0 aliphatic carbocycles. The van der Waals surface area contributed by atoms with Crippen molar-refractivity contribution in [3.05, 3.63) is 50.6 Å². The normalized spacial score (nSPS) is 10.9. The maximum Gasteiger partial charge on any atom is 0.251 e. The molecule has 0 bridgehead atoms. The van der Waals surface area contributed by atoms with E-state index in [0.29, 0.717) is 21.6 Å². The third kappa shape index (κ3) is 2.67. The molecular weight excluding hydrogens is 299 g/mol. The number of H-pyrrole nitrogens is 1. The molecule has 2 aromatic rings. The number of aromatic amines is 1. The van der Waals surface area contributed by atoms with Gasteiger partial charge in [0.05, 0.1) is 5.69 Å². The Kier molecular flexibility index (Phi) is 3.61. The smallest absolute Gasteiger partial charge is 0.251 e. The van der Waals surface area contributed by atoms with E-state index < -0.39 is 0 Å². The van der Waals surface area contributed by atoms with E-state index in [9.17, 15) is 9.18 Å². The van der Waals surface area contributed by atoms with E-state index >= 15 is 0 Å². The van der Waals surface area contributed by atoms with E-state index in [1.165, 1.54) is 18.2 Å². The van der Waals surface area contributed by atoms with Crippen LogP contribution in [0.3, 0.4) is 0 Å². The summed E-state index contributed by atoms with van der Waals surface area (Å²) in [6.07, 6.45) is 0. The highest BCUT2D eigenvalue weighted by atomic mass is 79.9. The molecule has 0 unspecified atom stereocenters. The quantitative estimate of drug-likeness (QED) is 0.923. The summed E-state index contributed by atoms with van der Waals surface area (Å²) in [6.45, 7) is 3.90. The Balaban J connectivity index is 2.63. The zero-order chi connectivity index (χ0) is 13.3. The zero-order valence-corrected chi connectivity index (χ0v) is 11.6. The van der Waals surface area contributed by atoms with Gasteiger partial charge >= 0.3 is 0 Å². The van der Waals surface area contributed by atoms with Crippen LogP contribution in [-0.2, 0) is 0 Å². The molecule has 1 aromatic heterocycles. The Hall–Kier alpha value is -1.49. The minimum absolute atomic E-state index is 0.137. The average Bonchev–Trinajstić information content (AvgIpc) is 2.31. The molecule has 0 amide bonds. The number of rotatable bonds is 2. The molecule has 3 nitrogen and oxygen atoms in total. The second-order valence-electron chi connectivity index (χ2n) is 4.30. The third-order valence-corrected chi connectivity index (χ3v) is 3.23. The molecule has 0 fully saturated rings. The summed E-state index contributed by atoms with van der Waals surface area (Å²) in [5, 5.41) is 0. The number of hydrogen-bond acceptors (Lipinski definition) is 2. The predicted octanol–water partition coefficient (Wildman–Crippen LogP) is 3.46. The maximum atomic E-state index is 13.3. The van der Waals surface area contributed by atoms with E-state index in [0.717, 1.165) is 0 Å². The molecule has 0 radical (unpaired) electrons. The van der Waals surface area contributed by atoms with Crippen LogP contribution in [0.15, 0.2) is 33.5 Å². The van der Waals surface area contributed by atoms with E-state index in [2.05, 4.69) is 25.9 Å². The van der Waals surface area contributed by atoms with Crippen LogP contribution in [0.1, 0.15) is 25.5 Å². The molecular formula is C13H12BrFN2O. The minimum atomic E-state index is -0.370. The van der Waals surface area contributed by atoms with Gasteiger partial charge in [-0.2, -0.15) is 0 Å². The Bertz CT molecular complexity index is 637. The van der Waals surface area contributed by atoms with Gasteiger partial charge in [-0.25, -0.2) is 9.37 Å². The van der Waals surface area contributed by atoms with Crippen LogP contribution in [0.4, 0.5) is 4.39 Å². The van der Waals surface area contributed by atoms with Gasteiger partial charge in [0.25, 0.3) is 5.56 Å². The molecule has 0 spiro atoms. The third-order valence-electron chi connectivity index (χ3n) is 2.54. The van der Waals surface area contributed by atoms with Crippen LogP contribution < -0.4 is 5.56 Å². The second kappa shape index (κ2) is 5.02. The van der Waals surface area contributed by atoms with Crippen LogP contribution >= 0.6 is 15.9 Å². The summed E-state index contributed by atoms with van der Waals surface area (Å²) in [5.41, 5.74) is 0.986. The molecule has 1 aromatic carbocycles. The van der Waals surface area contributed by atoms with Crippen molar-refractivity contribution < 1.29 is 4.39 Å². The Morgan fingerprint density at radius 1 is 1.33 bits per heavy atom. The van der Waals surface area contributed by atoms with Crippen molar-refractivity contribution in [2.24, 2.45) is 0 Å². The summed E-state index contributed by atoms with van der Waals surface area (Å²) >= 11 is 3.32. The molecule has 18 heavy (non-hydrogen) atoms. The first-order valence-electron chi connectivity index (χ1n) is 5.54. The molecule has 94 valence electrons. The number of nitrogens with zero attached hydrogens (tertiary/aromatic N) is 1. The largest absolute Gasteiger partial charge is 0.306 e. The first-order chi connectivity index (χ1) is 8.47. The van der Waals surface area contributed by atoms with Gasteiger partial charge in [-0.05, 0) is 24.1 Å². The molecule has 0 saturated carbocycles. The van der Waals surface area contributed by atoms with E-state index in [1.807, 2.05) is 13.8 Å². The summed E-state index contributed by atoms with van der Waals surface area (Å²) in [6, 6.07) is 5.73. The summed E-state index contributed by atoms with van der Waals surface area (Å²) < 4.78 is 13.9. The first-order valence-corrected chi connectivity index (χ1v) is 6.33. The van der Waals surface area contributed by atoms with Crippen molar-refractivity contribution in [3.8, 4) is 11.4 Å². The van der Waals surface area contributed by atoms with Crippen molar-refractivity contribution in [2.75, 3.05) is 0 Å². The second-order valence-corrected chi connectivity index (χ2v) is 5.15. The fourth-order valence-corrected chi connectivity index (χ4v) is 2.01. The lowest BCUT2D eigenvalue weighted by molar-refractivity contribution is 0.628. The zero-order valence-electron chi connectivity index (χ0n) is 10.00. The van der Waals surface area contributed by atoms with Crippen molar-refractivity contribution in [1.29, 1.82) is 0 Å². The van der Waals surface area contributed by atoms with Crippen molar-refractivity contribution in [2.45, 2.75) is 19.8 Å². The molecule has 1 N–H and O–H groups in total. The molecule has 5 heteroatoms. The number of hydrogen-bond donors (Lipinski definition) is 1. The molecule has 0 aliphatic rings. The Morgan fingerprint density at radius 3 is 2.72 bits per heavy atom. The van der Waals surface area contributed by atoms with Gasteiger partial charge in [-0.1, -0.05) is 29.8 Å². The van der Waals surface area contributed by atoms with Gasteiger partial charge in [-0.3, -0.25) is 4.79 Å². The summed E-state index contributed by atoms with van der Waals surface area (Å²) in [4.78, 5) is 18.6. The minimum Gasteiger partial charge on any atom is -0.306 e. The van der Waals surface area contributed by atoms with Crippen LogP contribution in [0.5, 0.6) is 0 Å². The molecule has 0 atom stereocenters. The standard InChI is InChI=1S/C13H12BrFN2O/c1-7(2)11-6-12(18)17-13(16-11)9-5-8(15)3-4-10(9)14/h3-7H,1-2H3,(H,16,17,18). The number of halogens is 2. The molecule has 2 rings (SSSR count). The van der Waals surface area contributed by atoms with Gasteiger partial charge in [0.1, 0.15) is 11.6 Å². The number of nitrogens with one attached hydrogen (secondary N) is 1. The molecule has 0 aliphatic heterocycles. The van der Waals surface area contributed by atoms with Crippen LogP contribution in [0.2, 0.25) is 0 Å².